The van der Waals surface area contributed by atoms with E-state index in [4.69, 9.17) is 19.9 Å². The Morgan fingerprint density at radius 3 is 2.55 bits per heavy atom. The fourth-order valence-corrected chi connectivity index (χ4v) is 4.27. The quantitative estimate of drug-likeness (QED) is 0.376. The van der Waals surface area contributed by atoms with Crippen LogP contribution in [0.15, 0.2) is 53.2 Å². The van der Waals surface area contributed by atoms with Crippen molar-refractivity contribution < 1.29 is 23.8 Å². The van der Waals surface area contributed by atoms with Gasteiger partial charge in [-0.1, -0.05) is 24.3 Å². The third-order valence-electron chi connectivity index (χ3n) is 5.23. The number of hydrogen-bond acceptors (Lipinski definition) is 6. The number of benzene rings is 2. The molecule has 1 heterocycles. The van der Waals surface area contributed by atoms with Crippen LogP contribution in [-0.4, -0.2) is 18.5 Å². The summed E-state index contributed by atoms with van der Waals surface area (Å²) in [4.78, 5) is 24.3. The van der Waals surface area contributed by atoms with Crippen LogP contribution in [0.2, 0.25) is 0 Å². The summed E-state index contributed by atoms with van der Waals surface area (Å²) in [7, 11) is 0. The molecule has 7 heteroatoms. The van der Waals surface area contributed by atoms with Gasteiger partial charge in [-0.25, -0.2) is 0 Å². The predicted molar refractivity (Wildman–Crippen MR) is 129 cm³/mol. The van der Waals surface area contributed by atoms with Crippen molar-refractivity contribution >= 4 is 23.2 Å². The van der Waals surface area contributed by atoms with E-state index in [9.17, 15) is 9.59 Å². The Kier molecular flexibility index (Phi) is 8.49. The zero-order chi connectivity index (χ0) is 23.8. The predicted octanol–water partition coefficient (Wildman–Crippen LogP) is 5.51. The molecule has 6 nitrogen and oxygen atoms in total. The Hall–Kier alpha value is -3.32. The van der Waals surface area contributed by atoms with Crippen LogP contribution in [0.25, 0.3) is 0 Å². The number of aryl methyl sites for hydroxylation is 2. The van der Waals surface area contributed by atoms with Crippen molar-refractivity contribution in [2.45, 2.75) is 46.3 Å². The van der Waals surface area contributed by atoms with Gasteiger partial charge in [-0.2, -0.15) is 11.3 Å². The zero-order valence-electron chi connectivity index (χ0n) is 19.1. The first-order chi connectivity index (χ1) is 15.9. The SMILES string of the molecule is CCOC(=O)CCC(Oc1cc(OCc2ccsc2)cc(C)c1C(N)=O)c1ccccc1C. The smallest absolute Gasteiger partial charge is 0.305 e. The highest BCUT2D eigenvalue weighted by atomic mass is 32.1. The van der Waals surface area contributed by atoms with E-state index in [0.29, 0.717) is 42.3 Å². The number of carbonyl (C=O) groups excluding carboxylic acids is 2. The van der Waals surface area contributed by atoms with Crippen molar-refractivity contribution in [3.05, 3.63) is 81.0 Å². The molecule has 0 radical (unpaired) electrons. The van der Waals surface area contributed by atoms with E-state index in [1.807, 2.05) is 48.0 Å². The van der Waals surface area contributed by atoms with Crippen molar-refractivity contribution in [2.75, 3.05) is 6.61 Å². The molecule has 174 valence electrons. The largest absolute Gasteiger partial charge is 0.489 e. The highest BCUT2D eigenvalue weighted by molar-refractivity contribution is 7.07. The minimum Gasteiger partial charge on any atom is -0.489 e. The van der Waals surface area contributed by atoms with Crippen molar-refractivity contribution in [1.29, 1.82) is 0 Å². The molecule has 33 heavy (non-hydrogen) atoms. The monoisotopic (exact) mass is 467 g/mol. The maximum Gasteiger partial charge on any atom is 0.305 e. The van der Waals surface area contributed by atoms with Crippen LogP contribution in [0.3, 0.4) is 0 Å². The average Bonchev–Trinajstić information content (AvgIpc) is 3.29. The van der Waals surface area contributed by atoms with E-state index < -0.39 is 12.0 Å². The van der Waals surface area contributed by atoms with Crippen LogP contribution >= 0.6 is 11.3 Å². The molecule has 3 aromatic rings. The third-order valence-corrected chi connectivity index (χ3v) is 5.96. The molecular formula is C26H29NO5S. The van der Waals surface area contributed by atoms with Gasteiger partial charge in [0.15, 0.2) is 0 Å². The number of carbonyl (C=O) groups is 2. The Morgan fingerprint density at radius 1 is 1.09 bits per heavy atom. The van der Waals surface area contributed by atoms with E-state index >= 15 is 0 Å². The summed E-state index contributed by atoms with van der Waals surface area (Å²) in [6.45, 7) is 6.28. The lowest BCUT2D eigenvalue weighted by atomic mass is 9.99. The van der Waals surface area contributed by atoms with Gasteiger partial charge in [0, 0.05) is 12.5 Å². The van der Waals surface area contributed by atoms with Crippen molar-refractivity contribution in [3.63, 3.8) is 0 Å². The lowest BCUT2D eigenvalue weighted by Gasteiger charge is -2.23. The highest BCUT2D eigenvalue weighted by Gasteiger charge is 2.22. The molecular weight excluding hydrogens is 438 g/mol. The normalized spacial score (nSPS) is 11.6. The molecule has 2 aromatic carbocycles. The first kappa shape index (κ1) is 24.3. The fourth-order valence-electron chi connectivity index (χ4n) is 3.62. The molecule has 0 aliphatic rings. The third kappa shape index (κ3) is 6.58. The number of ether oxygens (including phenoxy) is 3. The maximum atomic E-state index is 12.3. The van der Waals surface area contributed by atoms with Gasteiger partial charge < -0.3 is 19.9 Å². The molecule has 1 amide bonds. The lowest BCUT2D eigenvalue weighted by Crippen LogP contribution is -2.18. The summed E-state index contributed by atoms with van der Waals surface area (Å²) < 4.78 is 17.4. The molecule has 0 aliphatic carbocycles. The van der Waals surface area contributed by atoms with Gasteiger partial charge in [0.2, 0.25) is 0 Å². The lowest BCUT2D eigenvalue weighted by molar-refractivity contribution is -0.143. The number of rotatable bonds is 11. The standard InChI is InChI=1S/C26H29NO5S/c1-4-30-24(28)10-9-22(21-8-6-5-7-17(21)2)32-23-14-20(13-18(3)25(23)26(27)29)31-15-19-11-12-33-16-19/h5-8,11-14,16,22H,4,9-10,15H2,1-3H3,(H2,27,29). The van der Waals surface area contributed by atoms with Crippen LogP contribution in [0.5, 0.6) is 11.5 Å². The molecule has 2 N–H and O–H groups in total. The van der Waals surface area contributed by atoms with Crippen molar-refractivity contribution in [3.8, 4) is 11.5 Å². The molecule has 1 atom stereocenters. The van der Waals surface area contributed by atoms with E-state index in [0.717, 1.165) is 16.7 Å². The highest BCUT2D eigenvalue weighted by Crippen LogP contribution is 2.35. The summed E-state index contributed by atoms with van der Waals surface area (Å²) >= 11 is 1.60. The molecule has 0 saturated heterocycles. The zero-order valence-corrected chi connectivity index (χ0v) is 19.9. The number of primary amides is 1. The summed E-state index contributed by atoms with van der Waals surface area (Å²) in [5.74, 6) is 0.0344. The van der Waals surface area contributed by atoms with Gasteiger partial charge in [0.25, 0.3) is 5.91 Å². The van der Waals surface area contributed by atoms with Crippen LogP contribution in [-0.2, 0) is 16.1 Å². The van der Waals surface area contributed by atoms with Crippen molar-refractivity contribution in [1.82, 2.24) is 0 Å². The molecule has 1 unspecified atom stereocenters. The first-order valence-electron chi connectivity index (χ1n) is 10.8. The van der Waals surface area contributed by atoms with Gasteiger partial charge in [-0.05, 0) is 72.3 Å². The van der Waals surface area contributed by atoms with Gasteiger partial charge in [-0.15, -0.1) is 0 Å². The topological polar surface area (TPSA) is 87.8 Å². The van der Waals surface area contributed by atoms with Crippen LogP contribution in [0.4, 0.5) is 0 Å². The van der Waals surface area contributed by atoms with E-state index in [2.05, 4.69) is 0 Å². The molecule has 1 aromatic heterocycles. The van der Waals surface area contributed by atoms with E-state index in [1.165, 1.54) is 0 Å². The molecule has 0 fully saturated rings. The Bertz CT molecular complexity index is 1090. The fraction of sp³-hybridized carbons (Fsp3) is 0.308. The van der Waals surface area contributed by atoms with Crippen LogP contribution in [0.1, 0.15) is 58.5 Å². The number of nitrogens with two attached hydrogens (primary N) is 1. The Balaban J connectivity index is 1.92. The molecule has 0 bridgehead atoms. The van der Waals surface area contributed by atoms with E-state index in [-0.39, 0.29) is 12.4 Å². The van der Waals surface area contributed by atoms with Crippen LogP contribution in [0, 0.1) is 13.8 Å². The minimum absolute atomic E-state index is 0.187. The number of thiophene rings is 1. The molecule has 0 spiro atoms. The second kappa shape index (κ2) is 11.5. The van der Waals surface area contributed by atoms with Crippen LogP contribution < -0.4 is 15.2 Å². The second-order valence-electron chi connectivity index (χ2n) is 7.70. The average molecular weight is 468 g/mol. The number of esters is 1. The van der Waals surface area contributed by atoms with Gasteiger partial charge in [-0.3, -0.25) is 9.59 Å². The summed E-state index contributed by atoms with van der Waals surface area (Å²) in [6.07, 6.45) is 0.104. The number of hydrogen-bond donors (Lipinski definition) is 1. The first-order valence-corrected chi connectivity index (χ1v) is 11.8. The molecule has 0 aliphatic heterocycles. The Labute approximate surface area is 198 Å². The van der Waals surface area contributed by atoms with E-state index in [1.54, 1.807) is 37.3 Å². The Morgan fingerprint density at radius 2 is 1.88 bits per heavy atom. The summed E-state index contributed by atoms with van der Waals surface area (Å²) in [5, 5.41) is 4.01. The molecule has 0 saturated carbocycles. The van der Waals surface area contributed by atoms with Gasteiger partial charge in [0.05, 0.1) is 12.2 Å². The summed E-state index contributed by atoms with van der Waals surface area (Å²) in [5.41, 5.74) is 9.66. The minimum atomic E-state index is -0.583. The number of amides is 1. The summed E-state index contributed by atoms with van der Waals surface area (Å²) in [6, 6.07) is 13.3. The van der Waals surface area contributed by atoms with Gasteiger partial charge in [0.1, 0.15) is 24.2 Å². The van der Waals surface area contributed by atoms with Gasteiger partial charge >= 0.3 is 5.97 Å². The second-order valence-corrected chi connectivity index (χ2v) is 8.48. The maximum absolute atomic E-state index is 12.3. The van der Waals surface area contributed by atoms with Crippen molar-refractivity contribution in [2.24, 2.45) is 5.73 Å². The molecule has 3 rings (SSSR count).